The van der Waals surface area contributed by atoms with Gasteiger partial charge in [-0.05, 0) is 25.0 Å². The van der Waals surface area contributed by atoms with Crippen LogP contribution >= 0.6 is 0 Å². The van der Waals surface area contributed by atoms with E-state index < -0.39 is 0 Å². The molecule has 0 N–H and O–H groups in total. The number of carbonyl (C=O) groups excluding carboxylic acids is 1. The van der Waals surface area contributed by atoms with E-state index in [1.807, 2.05) is 24.3 Å². The summed E-state index contributed by atoms with van der Waals surface area (Å²) in [5.41, 5.74) is 0. The summed E-state index contributed by atoms with van der Waals surface area (Å²) in [6.07, 6.45) is 37.0. The van der Waals surface area contributed by atoms with Crippen molar-refractivity contribution in [2.75, 3.05) is 0 Å². The zero-order chi connectivity index (χ0) is 25.8. The lowest BCUT2D eigenvalue weighted by atomic mass is 10.0. The maximum Gasteiger partial charge on any atom is 0.335 e. The predicted molar refractivity (Wildman–Crippen MR) is 158 cm³/mol. The fraction of sp³-hybridized carbons (Fsp3) is 0.735. The van der Waals surface area contributed by atoms with E-state index in [1.54, 1.807) is 18.2 Å². The largest absolute Gasteiger partial charge is 0.423 e. The molecule has 0 heterocycles. The molecule has 0 saturated carbocycles. The van der Waals surface area contributed by atoms with E-state index in [1.165, 1.54) is 141 Å². The first-order valence-electron chi connectivity index (χ1n) is 15.8. The van der Waals surface area contributed by atoms with Crippen molar-refractivity contribution in [2.24, 2.45) is 0 Å². The maximum absolute atomic E-state index is 11.7. The van der Waals surface area contributed by atoms with Gasteiger partial charge in [0.25, 0.3) is 0 Å². The molecule has 0 aliphatic heterocycles. The Hall–Kier alpha value is -1.57. The van der Waals surface area contributed by atoms with E-state index in [-0.39, 0.29) is 5.97 Å². The van der Waals surface area contributed by atoms with Crippen LogP contribution in [0.15, 0.2) is 42.5 Å². The first-order valence-corrected chi connectivity index (χ1v) is 15.8. The van der Waals surface area contributed by atoms with Crippen molar-refractivity contribution in [1.29, 1.82) is 0 Å². The highest BCUT2D eigenvalue weighted by atomic mass is 16.5. The van der Waals surface area contributed by atoms with Crippen LogP contribution in [-0.2, 0) is 4.79 Å². The summed E-state index contributed by atoms with van der Waals surface area (Å²) < 4.78 is 5.24. The highest BCUT2D eigenvalue weighted by molar-refractivity contribution is 5.83. The molecule has 0 spiro atoms. The van der Waals surface area contributed by atoms with E-state index in [2.05, 4.69) is 6.92 Å². The molecular weight excluding hydrogens is 440 g/mol. The topological polar surface area (TPSA) is 26.3 Å². The van der Waals surface area contributed by atoms with Crippen molar-refractivity contribution in [3.05, 3.63) is 42.5 Å². The molecule has 0 aliphatic rings. The highest BCUT2D eigenvalue weighted by Crippen LogP contribution is 2.16. The lowest BCUT2D eigenvalue weighted by Crippen LogP contribution is -2.03. The van der Waals surface area contributed by atoms with E-state index >= 15 is 0 Å². The molecule has 36 heavy (non-hydrogen) atoms. The number of hydrogen-bond donors (Lipinski definition) is 0. The van der Waals surface area contributed by atoms with Crippen molar-refractivity contribution in [1.82, 2.24) is 0 Å². The molecule has 0 aromatic heterocycles. The molecule has 0 atom stereocenters. The monoisotopic (exact) mass is 498 g/mol. The van der Waals surface area contributed by atoms with Gasteiger partial charge in [-0.1, -0.05) is 172 Å². The van der Waals surface area contributed by atoms with Crippen LogP contribution in [0.4, 0.5) is 0 Å². The fourth-order valence-corrected chi connectivity index (χ4v) is 4.87. The van der Waals surface area contributed by atoms with Crippen molar-refractivity contribution >= 4 is 5.97 Å². The minimum Gasteiger partial charge on any atom is -0.423 e. The van der Waals surface area contributed by atoms with Gasteiger partial charge in [-0.3, -0.25) is 0 Å². The molecule has 2 nitrogen and oxygen atoms in total. The molecule has 0 bridgehead atoms. The Labute approximate surface area is 224 Å². The van der Waals surface area contributed by atoms with Gasteiger partial charge in [0.2, 0.25) is 0 Å². The second-order valence-corrected chi connectivity index (χ2v) is 10.7. The minimum atomic E-state index is -0.282. The number of esters is 1. The Balaban J connectivity index is 1.70. The molecular formula is C34H58O2. The number of benzene rings is 1. The molecule has 0 radical (unpaired) electrons. The minimum absolute atomic E-state index is 0.282. The van der Waals surface area contributed by atoms with Gasteiger partial charge in [-0.2, -0.15) is 0 Å². The number of para-hydroxylation sites is 1. The van der Waals surface area contributed by atoms with Crippen LogP contribution in [0.3, 0.4) is 0 Å². The third-order valence-corrected chi connectivity index (χ3v) is 7.19. The normalized spacial score (nSPS) is 11.4. The smallest absolute Gasteiger partial charge is 0.335 e. The Morgan fingerprint density at radius 3 is 1.31 bits per heavy atom. The van der Waals surface area contributed by atoms with Gasteiger partial charge < -0.3 is 4.74 Å². The number of carbonyl (C=O) groups is 1. The van der Waals surface area contributed by atoms with Gasteiger partial charge >= 0.3 is 5.97 Å². The number of hydrogen-bond acceptors (Lipinski definition) is 2. The van der Waals surface area contributed by atoms with Crippen molar-refractivity contribution in [2.45, 2.75) is 161 Å². The molecule has 0 fully saturated rings. The van der Waals surface area contributed by atoms with Gasteiger partial charge in [0.1, 0.15) is 5.75 Å². The summed E-state index contributed by atoms with van der Waals surface area (Å²) in [4.78, 5) is 11.7. The number of allylic oxidation sites excluding steroid dienone is 1. The molecule has 1 aromatic carbocycles. The molecule has 206 valence electrons. The van der Waals surface area contributed by atoms with Gasteiger partial charge in [-0.25, -0.2) is 4.79 Å². The van der Waals surface area contributed by atoms with E-state index in [9.17, 15) is 4.79 Å². The molecule has 0 saturated heterocycles. The third-order valence-electron chi connectivity index (χ3n) is 7.19. The SMILES string of the molecule is CCCCCCCCCCCCCCCCCCCCCCCCC/C=C/C(=O)Oc1ccccc1. The van der Waals surface area contributed by atoms with Crippen LogP contribution in [-0.4, -0.2) is 5.97 Å². The lowest BCUT2D eigenvalue weighted by molar-refractivity contribution is -0.129. The summed E-state index contributed by atoms with van der Waals surface area (Å²) in [6.45, 7) is 2.30. The Kier molecular flexibility index (Phi) is 23.9. The van der Waals surface area contributed by atoms with Gasteiger partial charge in [0, 0.05) is 6.08 Å². The molecule has 1 rings (SSSR count). The summed E-state index contributed by atoms with van der Waals surface area (Å²) in [6, 6.07) is 9.24. The quantitative estimate of drug-likeness (QED) is 0.0549. The summed E-state index contributed by atoms with van der Waals surface area (Å²) in [5, 5.41) is 0. The van der Waals surface area contributed by atoms with Crippen LogP contribution in [0, 0.1) is 0 Å². The van der Waals surface area contributed by atoms with Crippen molar-refractivity contribution in [3.8, 4) is 5.75 Å². The summed E-state index contributed by atoms with van der Waals surface area (Å²) >= 11 is 0. The number of unbranched alkanes of at least 4 members (excludes halogenated alkanes) is 23. The van der Waals surface area contributed by atoms with Gasteiger partial charge in [0.05, 0.1) is 0 Å². The van der Waals surface area contributed by atoms with Crippen LogP contribution in [0.2, 0.25) is 0 Å². The number of rotatable bonds is 26. The third kappa shape index (κ3) is 22.9. The fourth-order valence-electron chi connectivity index (χ4n) is 4.87. The van der Waals surface area contributed by atoms with Crippen LogP contribution in [0.5, 0.6) is 5.75 Å². The molecule has 0 amide bonds. The molecule has 0 unspecified atom stereocenters. The number of ether oxygens (including phenoxy) is 1. The van der Waals surface area contributed by atoms with Crippen LogP contribution in [0.1, 0.15) is 161 Å². The first kappa shape index (κ1) is 32.5. The van der Waals surface area contributed by atoms with Crippen LogP contribution < -0.4 is 4.74 Å². The second-order valence-electron chi connectivity index (χ2n) is 10.7. The average molecular weight is 499 g/mol. The Morgan fingerprint density at radius 1 is 0.556 bits per heavy atom. The molecule has 1 aromatic rings. The second kappa shape index (κ2) is 26.5. The predicted octanol–water partition coefficient (Wildman–Crippen LogP) is 11.5. The zero-order valence-corrected chi connectivity index (χ0v) is 23.8. The lowest BCUT2D eigenvalue weighted by Gasteiger charge is -2.04. The van der Waals surface area contributed by atoms with E-state index in [0.29, 0.717) is 5.75 Å². The highest BCUT2D eigenvalue weighted by Gasteiger charge is 1.99. The van der Waals surface area contributed by atoms with E-state index in [0.717, 1.165) is 12.8 Å². The van der Waals surface area contributed by atoms with Crippen LogP contribution in [0.25, 0.3) is 0 Å². The average Bonchev–Trinajstić information content (AvgIpc) is 2.89. The summed E-state index contributed by atoms with van der Waals surface area (Å²) in [5.74, 6) is 0.321. The van der Waals surface area contributed by atoms with Gasteiger partial charge in [0.15, 0.2) is 0 Å². The van der Waals surface area contributed by atoms with Crippen molar-refractivity contribution < 1.29 is 9.53 Å². The first-order chi connectivity index (χ1) is 17.8. The van der Waals surface area contributed by atoms with E-state index in [4.69, 9.17) is 4.74 Å². The summed E-state index contributed by atoms with van der Waals surface area (Å²) in [7, 11) is 0. The molecule has 0 aliphatic carbocycles. The zero-order valence-electron chi connectivity index (χ0n) is 23.8. The standard InChI is InChI=1S/C34H58O2/c1-2-3-4-5-6-7-8-9-10-11-12-13-14-15-16-17-18-19-20-21-22-23-24-25-29-32-34(35)36-33-30-27-26-28-31-33/h26-32H,2-25H2,1H3/b32-29+. The molecule has 2 heteroatoms. The Morgan fingerprint density at radius 2 is 0.917 bits per heavy atom. The Bertz CT molecular complexity index is 607. The van der Waals surface area contributed by atoms with Gasteiger partial charge in [-0.15, -0.1) is 0 Å². The van der Waals surface area contributed by atoms with Crippen molar-refractivity contribution in [3.63, 3.8) is 0 Å². The maximum atomic E-state index is 11.7.